The highest BCUT2D eigenvalue weighted by molar-refractivity contribution is 5.89. The number of nitrogen functional groups attached to an aromatic ring is 1. The van der Waals surface area contributed by atoms with Gasteiger partial charge in [-0.05, 0) is 30.7 Å². The molecule has 2 heterocycles. The monoisotopic (exact) mass is 312 g/mol. The lowest BCUT2D eigenvalue weighted by Gasteiger charge is -2.22. The Balaban J connectivity index is 1.60. The third-order valence-corrected chi connectivity index (χ3v) is 3.76. The highest BCUT2D eigenvalue weighted by Gasteiger charge is 2.20. The van der Waals surface area contributed by atoms with E-state index >= 15 is 0 Å². The molecule has 120 valence electrons. The number of hydrogen-bond donors (Lipinski definition) is 2. The van der Waals surface area contributed by atoms with E-state index in [-0.39, 0.29) is 6.03 Å². The van der Waals surface area contributed by atoms with Gasteiger partial charge in [0.25, 0.3) is 0 Å². The molecule has 0 bridgehead atoms. The Labute approximate surface area is 135 Å². The second-order valence-corrected chi connectivity index (χ2v) is 5.43. The van der Waals surface area contributed by atoms with Crippen LogP contribution in [0.5, 0.6) is 0 Å². The van der Waals surface area contributed by atoms with Crippen LogP contribution in [0.2, 0.25) is 0 Å². The summed E-state index contributed by atoms with van der Waals surface area (Å²) in [4.78, 5) is 24.9. The van der Waals surface area contributed by atoms with Gasteiger partial charge in [-0.3, -0.25) is 0 Å². The summed E-state index contributed by atoms with van der Waals surface area (Å²) in [6.07, 6.45) is 4.34. The smallest absolute Gasteiger partial charge is 0.321 e. The second-order valence-electron chi connectivity index (χ2n) is 5.43. The minimum atomic E-state index is -0.105. The fourth-order valence-electron chi connectivity index (χ4n) is 2.59. The van der Waals surface area contributed by atoms with Crippen molar-refractivity contribution in [3.8, 4) is 0 Å². The van der Waals surface area contributed by atoms with Gasteiger partial charge in [-0.15, -0.1) is 0 Å². The molecule has 3 N–H and O–H groups in total. The van der Waals surface area contributed by atoms with Crippen LogP contribution in [0.4, 0.5) is 22.1 Å². The Hall–Kier alpha value is -2.83. The highest BCUT2D eigenvalue weighted by Crippen LogP contribution is 2.14. The van der Waals surface area contributed by atoms with Gasteiger partial charge in [0.1, 0.15) is 0 Å². The van der Waals surface area contributed by atoms with Crippen molar-refractivity contribution in [2.24, 2.45) is 0 Å². The largest absolute Gasteiger partial charge is 0.399 e. The SMILES string of the molecule is Nc1cccc(NC(=O)N2CCCN(c3ncccn3)CC2)c1. The van der Waals surface area contributed by atoms with Gasteiger partial charge < -0.3 is 20.9 Å². The molecule has 0 radical (unpaired) electrons. The normalized spacial score (nSPS) is 15.1. The first-order valence-electron chi connectivity index (χ1n) is 7.66. The van der Waals surface area contributed by atoms with Crippen LogP contribution in [-0.2, 0) is 0 Å². The maximum atomic E-state index is 12.4. The fraction of sp³-hybridized carbons (Fsp3) is 0.312. The van der Waals surface area contributed by atoms with Crippen LogP contribution in [0.3, 0.4) is 0 Å². The highest BCUT2D eigenvalue weighted by atomic mass is 16.2. The molecule has 0 spiro atoms. The molecule has 0 aliphatic carbocycles. The minimum absolute atomic E-state index is 0.105. The van der Waals surface area contributed by atoms with Gasteiger partial charge >= 0.3 is 6.03 Å². The molecule has 0 unspecified atom stereocenters. The molecule has 1 aliphatic heterocycles. The zero-order valence-electron chi connectivity index (χ0n) is 12.9. The number of nitrogens with one attached hydrogen (secondary N) is 1. The molecule has 0 saturated carbocycles. The molecule has 1 aromatic heterocycles. The first-order valence-corrected chi connectivity index (χ1v) is 7.66. The molecule has 1 aliphatic rings. The molecule has 7 heteroatoms. The van der Waals surface area contributed by atoms with Gasteiger partial charge in [0, 0.05) is 49.9 Å². The number of anilines is 3. The first-order chi connectivity index (χ1) is 11.2. The zero-order chi connectivity index (χ0) is 16.1. The number of urea groups is 1. The summed E-state index contributed by atoms with van der Waals surface area (Å²) in [7, 11) is 0. The number of aromatic nitrogens is 2. The average Bonchev–Trinajstić information content (AvgIpc) is 2.82. The van der Waals surface area contributed by atoms with Crippen LogP contribution in [0.25, 0.3) is 0 Å². The lowest BCUT2D eigenvalue weighted by atomic mass is 10.3. The van der Waals surface area contributed by atoms with Crippen molar-refractivity contribution in [2.45, 2.75) is 6.42 Å². The Kier molecular flexibility index (Phi) is 4.56. The van der Waals surface area contributed by atoms with Crippen molar-refractivity contribution in [3.05, 3.63) is 42.7 Å². The van der Waals surface area contributed by atoms with E-state index in [1.165, 1.54) is 0 Å². The van der Waals surface area contributed by atoms with Crippen molar-refractivity contribution in [2.75, 3.05) is 42.1 Å². The molecule has 1 aromatic carbocycles. The Morgan fingerprint density at radius 1 is 1.09 bits per heavy atom. The van der Waals surface area contributed by atoms with Gasteiger partial charge in [0.2, 0.25) is 5.95 Å². The predicted molar refractivity (Wildman–Crippen MR) is 90.3 cm³/mol. The summed E-state index contributed by atoms with van der Waals surface area (Å²) in [5.41, 5.74) is 7.08. The van der Waals surface area contributed by atoms with Gasteiger partial charge in [-0.1, -0.05) is 6.07 Å². The summed E-state index contributed by atoms with van der Waals surface area (Å²) in [5, 5.41) is 2.89. The summed E-state index contributed by atoms with van der Waals surface area (Å²) in [5.74, 6) is 0.714. The Morgan fingerprint density at radius 2 is 1.91 bits per heavy atom. The Bertz CT molecular complexity index is 663. The van der Waals surface area contributed by atoms with Crippen molar-refractivity contribution in [1.82, 2.24) is 14.9 Å². The zero-order valence-corrected chi connectivity index (χ0v) is 12.9. The number of carbonyl (C=O) groups excluding carboxylic acids is 1. The van der Waals surface area contributed by atoms with Crippen LogP contribution < -0.4 is 16.0 Å². The van der Waals surface area contributed by atoms with Crippen LogP contribution in [0.1, 0.15) is 6.42 Å². The average molecular weight is 312 g/mol. The van der Waals surface area contributed by atoms with Crippen LogP contribution >= 0.6 is 0 Å². The van der Waals surface area contributed by atoms with Crippen LogP contribution in [-0.4, -0.2) is 47.1 Å². The molecule has 7 nitrogen and oxygen atoms in total. The summed E-state index contributed by atoms with van der Waals surface area (Å²) in [6.45, 7) is 2.89. The summed E-state index contributed by atoms with van der Waals surface area (Å²) < 4.78 is 0. The standard InChI is InChI=1S/C16H20N6O/c17-13-4-1-5-14(12-13)20-16(23)22-9-3-8-21(10-11-22)15-18-6-2-7-19-15/h1-2,4-7,12H,3,8-11,17H2,(H,20,23). The number of rotatable bonds is 2. The van der Waals surface area contributed by atoms with Gasteiger partial charge in [0.15, 0.2) is 0 Å². The minimum Gasteiger partial charge on any atom is -0.399 e. The number of carbonyl (C=O) groups is 1. The maximum Gasteiger partial charge on any atom is 0.321 e. The van der Waals surface area contributed by atoms with E-state index in [9.17, 15) is 4.79 Å². The van der Waals surface area contributed by atoms with Crippen molar-refractivity contribution >= 4 is 23.4 Å². The van der Waals surface area contributed by atoms with Crippen molar-refractivity contribution < 1.29 is 4.79 Å². The van der Waals surface area contributed by atoms with Crippen LogP contribution in [0.15, 0.2) is 42.7 Å². The maximum absolute atomic E-state index is 12.4. The number of nitrogens with two attached hydrogens (primary N) is 1. The van der Waals surface area contributed by atoms with E-state index in [0.29, 0.717) is 37.0 Å². The van der Waals surface area contributed by atoms with Crippen LogP contribution in [0, 0.1) is 0 Å². The molecule has 3 rings (SSSR count). The number of nitrogens with zero attached hydrogens (tertiary/aromatic N) is 4. The molecule has 2 aromatic rings. The molecular weight excluding hydrogens is 292 g/mol. The van der Waals surface area contributed by atoms with E-state index in [2.05, 4.69) is 20.2 Å². The van der Waals surface area contributed by atoms with E-state index in [1.54, 1.807) is 30.6 Å². The molecule has 0 atom stereocenters. The van der Waals surface area contributed by atoms with Gasteiger partial charge in [-0.2, -0.15) is 0 Å². The lowest BCUT2D eigenvalue weighted by molar-refractivity contribution is 0.215. The number of amides is 2. The topological polar surface area (TPSA) is 87.4 Å². The lowest BCUT2D eigenvalue weighted by Crippen LogP contribution is -2.38. The second kappa shape index (κ2) is 6.95. The number of benzene rings is 1. The summed E-state index contributed by atoms with van der Waals surface area (Å²) in [6, 6.07) is 8.88. The van der Waals surface area contributed by atoms with Gasteiger partial charge in [-0.25, -0.2) is 14.8 Å². The summed E-state index contributed by atoms with van der Waals surface area (Å²) >= 11 is 0. The predicted octanol–water partition coefficient (Wildman–Crippen LogP) is 1.80. The Morgan fingerprint density at radius 3 is 2.70 bits per heavy atom. The van der Waals surface area contributed by atoms with E-state index < -0.39 is 0 Å². The third-order valence-electron chi connectivity index (χ3n) is 3.76. The molecule has 1 saturated heterocycles. The fourth-order valence-corrected chi connectivity index (χ4v) is 2.59. The number of hydrogen-bond acceptors (Lipinski definition) is 5. The van der Waals surface area contributed by atoms with Gasteiger partial charge in [0.05, 0.1) is 0 Å². The van der Waals surface area contributed by atoms with Crippen molar-refractivity contribution in [3.63, 3.8) is 0 Å². The quantitative estimate of drug-likeness (QED) is 0.826. The molecular formula is C16H20N6O. The third kappa shape index (κ3) is 3.88. The van der Waals surface area contributed by atoms with E-state index in [4.69, 9.17) is 5.73 Å². The first kappa shape index (κ1) is 15.1. The molecule has 1 fully saturated rings. The van der Waals surface area contributed by atoms with E-state index in [0.717, 1.165) is 13.0 Å². The molecule has 23 heavy (non-hydrogen) atoms. The van der Waals surface area contributed by atoms with E-state index in [1.807, 2.05) is 17.0 Å². The molecule has 2 amide bonds. The van der Waals surface area contributed by atoms with Crippen molar-refractivity contribution in [1.29, 1.82) is 0 Å².